The Morgan fingerprint density at radius 1 is 1.41 bits per heavy atom. The van der Waals surface area contributed by atoms with E-state index in [0.29, 0.717) is 25.5 Å². The van der Waals surface area contributed by atoms with Gasteiger partial charge in [0.05, 0.1) is 25.4 Å². The van der Waals surface area contributed by atoms with Gasteiger partial charge in [0.1, 0.15) is 0 Å². The highest BCUT2D eigenvalue weighted by Crippen LogP contribution is 1.93. The largest absolute Gasteiger partial charge is 0.389 e. The molecule has 0 heterocycles. The SMILES string of the molecule is COCC(C)OCC(O)CNCCCS(C)=O. The first-order chi connectivity index (χ1) is 8.06. The third-order valence-corrected chi connectivity index (χ3v) is 3.00. The summed E-state index contributed by atoms with van der Waals surface area (Å²) >= 11 is 0. The van der Waals surface area contributed by atoms with E-state index in [1.807, 2.05) is 6.92 Å². The van der Waals surface area contributed by atoms with Crippen molar-refractivity contribution in [2.24, 2.45) is 0 Å². The molecule has 0 aliphatic carbocycles. The lowest BCUT2D eigenvalue weighted by Gasteiger charge is -2.16. The van der Waals surface area contributed by atoms with E-state index in [0.717, 1.165) is 13.0 Å². The molecule has 0 aliphatic rings. The highest BCUT2D eigenvalue weighted by atomic mass is 32.2. The average Bonchev–Trinajstić information content (AvgIpc) is 2.26. The molecule has 0 amide bonds. The number of ether oxygens (including phenoxy) is 2. The zero-order valence-electron chi connectivity index (χ0n) is 11.0. The maximum absolute atomic E-state index is 10.8. The van der Waals surface area contributed by atoms with Gasteiger partial charge in [0, 0.05) is 36.5 Å². The van der Waals surface area contributed by atoms with Gasteiger partial charge < -0.3 is 19.9 Å². The third kappa shape index (κ3) is 12.2. The van der Waals surface area contributed by atoms with Crippen LogP contribution in [0.15, 0.2) is 0 Å². The molecule has 0 saturated heterocycles. The van der Waals surface area contributed by atoms with Crippen LogP contribution in [0.4, 0.5) is 0 Å². The van der Waals surface area contributed by atoms with Gasteiger partial charge in [-0.3, -0.25) is 4.21 Å². The first-order valence-corrected chi connectivity index (χ1v) is 7.58. The Morgan fingerprint density at radius 2 is 2.12 bits per heavy atom. The van der Waals surface area contributed by atoms with Crippen LogP contribution in [0.3, 0.4) is 0 Å². The monoisotopic (exact) mass is 267 g/mol. The highest BCUT2D eigenvalue weighted by molar-refractivity contribution is 7.84. The minimum Gasteiger partial charge on any atom is -0.389 e. The zero-order chi connectivity index (χ0) is 13.1. The van der Waals surface area contributed by atoms with E-state index in [9.17, 15) is 9.32 Å². The normalized spacial score (nSPS) is 16.7. The summed E-state index contributed by atoms with van der Waals surface area (Å²) in [5.74, 6) is 0.699. The topological polar surface area (TPSA) is 67.8 Å². The molecule has 0 rings (SSSR count). The molecule has 0 bridgehead atoms. The quantitative estimate of drug-likeness (QED) is 0.506. The van der Waals surface area contributed by atoms with Gasteiger partial charge in [-0.15, -0.1) is 0 Å². The van der Waals surface area contributed by atoms with Crippen molar-refractivity contribution in [1.82, 2.24) is 5.32 Å². The summed E-state index contributed by atoms with van der Waals surface area (Å²) < 4.78 is 21.1. The van der Waals surface area contributed by atoms with Gasteiger partial charge in [-0.2, -0.15) is 0 Å². The van der Waals surface area contributed by atoms with Crippen LogP contribution in [0.1, 0.15) is 13.3 Å². The maximum atomic E-state index is 10.8. The van der Waals surface area contributed by atoms with Crippen molar-refractivity contribution in [1.29, 1.82) is 0 Å². The molecule has 0 aromatic heterocycles. The molecule has 6 heteroatoms. The summed E-state index contributed by atoms with van der Waals surface area (Å²) in [7, 11) is 0.888. The predicted molar refractivity (Wildman–Crippen MR) is 69.7 cm³/mol. The van der Waals surface area contributed by atoms with E-state index < -0.39 is 16.9 Å². The van der Waals surface area contributed by atoms with Gasteiger partial charge in [0.2, 0.25) is 0 Å². The molecular weight excluding hydrogens is 242 g/mol. The first-order valence-electron chi connectivity index (χ1n) is 5.85. The number of aliphatic hydroxyl groups excluding tert-OH is 1. The fourth-order valence-electron chi connectivity index (χ4n) is 1.29. The van der Waals surface area contributed by atoms with E-state index in [4.69, 9.17) is 9.47 Å². The molecule has 2 N–H and O–H groups in total. The Bertz CT molecular complexity index is 204. The second-order valence-electron chi connectivity index (χ2n) is 4.09. The van der Waals surface area contributed by atoms with Crippen LogP contribution in [-0.4, -0.2) is 66.9 Å². The van der Waals surface area contributed by atoms with Crippen LogP contribution in [0.25, 0.3) is 0 Å². The van der Waals surface area contributed by atoms with Crippen LogP contribution < -0.4 is 5.32 Å². The third-order valence-electron chi connectivity index (χ3n) is 2.14. The molecule has 17 heavy (non-hydrogen) atoms. The molecule has 0 aromatic carbocycles. The van der Waals surface area contributed by atoms with Crippen LogP contribution in [-0.2, 0) is 20.3 Å². The maximum Gasteiger partial charge on any atom is 0.0897 e. The molecule has 104 valence electrons. The molecular formula is C11H25NO4S. The zero-order valence-corrected chi connectivity index (χ0v) is 11.8. The van der Waals surface area contributed by atoms with Gasteiger partial charge in [-0.05, 0) is 19.9 Å². The Hall–Kier alpha value is -0.0100. The van der Waals surface area contributed by atoms with Crippen molar-refractivity contribution in [3.05, 3.63) is 0 Å². The van der Waals surface area contributed by atoms with Gasteiger partial charge in [-0.25, -0.2) is 0 Å². The molecule has 5 nitrogen and oxygen atoms in total. The van der Waals surface area contributed by atoms with E-state index in [-0.39, 0.29) is 6.10 Å². The summed E-state index contributed by atoms with van der Waals surface area (Å²) in [5.41, 5.74) is 0. The fraction of sp³-hybridized carbons (Fsp3) is 1.00. The van der Waals surface area contributed by atoms with Crippen molar-refractivity contribution in [3.8, 4) is 0 Å². The Kier molecular flexibility index (Phi) is 11.1. The Balaban J connectivity index is 3.34. The molecule has 3 unspecified atom stereocenters. The first kappa shape index (κ1) is 17.0. The molecule has 0 radical (unpaired) electrons. The molecule has 0 spiro atoms. The minimum atomic E-state index is -0.733. The summed E-state index contributed by atoms with van der Waals surface area (Å²) in [4.78, 5) is 0. The van der Waals surface area contributed by atoms with Crippen molar-refractivity contribution in [3.63, 3.8) is 0 Å². The Labute approximate surface area is 106 Å². The number of rotatable bonds is 11. The summed E-state index contributed by atoms with van der Waals surface area (Å²) in [5, 5.41) is 12.7. The van der Waals surface area contributed by atoms with Gasteiger partial charge in [-0.1, -0.05) is 0 Å². The van der Waals surface area contributed by atoms with Crippen molar-refractivity contribution >= 4 is 10.8 Å². The van der Waals surface area contributed by atoms with Crippen molar-refractivity contribution in [2.45, 2.75) is 25.6 Å². The number of nitrogens with one attached hydrogen (secondary N) is 1. The summed E-state index contributed by atoms with van der Waals surface area (Å²) in [6.07, 6.45) is 2.04. The van der Waals surface area contributed by atoms with E-state index in [1.165, 1.54) is 0 Å². The van der Waals surface area contributed by atoms with Crippen LogP contribution in [0, 0.1) is 0 Å². The second-order valence-corrected chi connectivity index (χ2v) is 5.64. The average molecular weight is 267 g/mol. The Morgan fingerprint density at radius 3 is 2.71 bits per heavy atom. The standard InChI is InChI=1S/C11H25NO4S/c1-10(8-15-2)16-9-11(13)7-12-5-4-6-17(3)14/h10-13H,4-9H2,1-3H3. The summed E-state index contributed by atoms with van der Waals surface area (Å²) in [6.45, 7) is 4.00. The minimum absolute atomic E-state index is 0.00263. The van der Waals surface area contributed by atoms with Crippen molar-refractivity contribution in [2.75, 3.05) is 45.4 Å². The number of methoxy groups -OCH3 is 1. The van der Waals surface area contributed by atoms with E-state index in [2.05, 4.69) is 5.32 Å². The number of hydrogen-bond acceptors (Lipinski definition) is 5. The van der Waals surface area contributed by atoms with E-state index in [1.54, 1.807) is 13.4 Å². The molecule has 0 aliphatic heterocycles. The van der Waals surface area contributed by atoms with Gasteiger partial charge in [0.15, 0.2) is 0 Å². The summed E-state index contributed by atoms with van der Waals surface area (Å²) in [6, 6.07) is 0. The molecule has 0 saturated carbocycles. The number of aliphatic hydroxyl groups is 1. The number of hydrogen-bond donors (Lipinski definition) is 2. The van der Waals surface area contributed by atoms with Crippen LogP contribution in [0.5, 0.6) is 0 Å². The highest BCUT2D eigenvalue weighted by Gasteiger charge is 2.07. The van der Waals surface area contributed by atoms with Crippen molar-refractivity contribution < 1.29 is 18.8 Å². The van der Waals surface area contributed by atoms with Crippen LogP contribution in [0.2, 0.25) is 0 Å². The van der Waals surface area contributed by atoms with Gasteiger partial charge in [0.25, 0.3) is 0 Å². The predicted octanol–water partition coefficient (Wildman–Crippen LogP) is -0.243. The van der Waals surface area contributed by atoms with Crippen LogP contribution >= 0.6 is 0 Å². The lowest BCUT2D eigenvalue weighted by Crippen LogP contribution is -2.33. The second kappa shape index (κ2) is 11.1. The lowest BCUT2D eigenvalue weighted by molar-refractivity contribution is -0.0310. The van der Waals surface area contributed by atoms with E-state index >= 15 is 0 Å². The molecule has 0 aromatic rings. The molecule has 0 fully saturated rings. The smallest absolute Gasteiger partial charge is 0.0897 e. The lowest BCUT2D eigenvalue weighted by atomic mass is 10.3. The fourth-order valence-corrected chi connectivity index (χ4v) is 1.84. The van der Waals surface area contributed by atoms with Gasteiger partial charge >= 0.3 is 0 Å². The molecule has 3 atom stereocenters.